The molecule has 7 heteroatoms. The van der Waals surface area contributed by atoms with Crippen molar-refractivity contribution in [3.8, 4) is 0 Å². The molecule has 3 N–H and O–H groups in total. The van der Waals surface area contributed by atoms with E-state index in [2.05, 4.69) is 17.9 Å². The highest BCUT2D eigenvalue weighted by Crippen LogP contribution is 1.93. The molecule has 0 spiro atoms. The van der Waals surface area contributed by atoms with E-state index in [0.29, 0.717) is 0 Å². The summed E-state index contributed by atoms with van der Waals surface area (Å²) >= 11 is 3.73. The van der Waals surface area contributed by atoms with Crippen molar-refractivity contribution in [2.75, 3.05) is 5.75 Å². The Labute approximate surface area is 85.7 Å². The molecule has 0 aromatic carbocycles. The number of rotatable bonds is 6. The molecule has 6 nitrogen and oxygen atoms in total. The standard InChI is InChI=1S/C7H11NO5S/c9-5(1-2-6(10)11)8-4(3-14)7(12)13/h4,14H,1-3H2,(H,8,9)(H,10,11)(H,12,13)/t4-/m0/s1. The highest BCUT2D eigenvalue weighted by molar-refractivity contribution is 7.80. The number of carbonyl (C=O) groups is 3. The van der Waals surface area contributed by atoms with Gasteiger partial charge in [0.15, 0.2) is 0 Å². The lowest BCUT2D eigenvalue weighted by molar-refractivity contribution is -0.141. The molecule has 0 saturated carbocycles. The summed E-state index contributed by atoms with van der Waals surface area (Å²) < 4.78 is 0. The van der Waals surface area contributed by atoms with Crippen molar-refractivity contribution in [3.63, 3.8) is 0 Å². The summed E-state index contributed by atoms with van der Waals surface area (Å²) in [5.41, 5.74) is 0. The van der Waals surface area contributed by atoms with Gasteiger partial charge in [0.1, 0.15) is 6.04 Å². The molecular weight excluding hydrogens is 210 g/mol. The Hall–Kier alpha value is -1.24. The summed E-state index contributed by atoms with van der Waals surface area (Å²) in [5.74, 6) is -2.93. The zero-order valence-electron chi connectivity index (χ0n) is 7.27. The van der Waals surface area contributed by atoms with Gasteiger partial charge in [0.25, 0.3) is 0 Å². The number of carboxylic acid groups (broad SMARTS) is 2. The molecule has 0 heterocycles. The number of amides is 1. The van der Waals surface area contributed by atoms with Gasteiger partial charge in [0.2, 0.25) is 5.91 Å². The lowest BCUT2D eigenvalue weighted by Crippen LogP contribution is -2.42. The summed E-state index contributed by atoms with van der Waals surface area (Å²) in [6.45, 7) is 0. The van der Waals surface area contributed by atoms with E-state index in [1.807, 2.05) is 0 Å². The summed E-state index contributed by atoms with van der Waals surface area (Å²) in [4.78, 5) is 31.5. The van der Waals surface area contributed by atoms with Gasteiger partial charge in [-0.25, -0.2) is 4.79 Å². The van der Waals surface area contributed by atoms with Gasteiger partial charge in [-0.05, 0) is 0 Å². The first-order valence-corrected chi connectivity index (χ1v) is 4.45. The third-order valence-corrected chi connectivity index (χ3v) is 1.75. The van der Waals surface area contributed by atoms with E-state index < -0.39 is 23.9 Å². The van der Waals surface area contributed by atoms with E-state index in [-0.39, 0.29) is 18.6 Å². The van der Waals surface area contributed by atoms with Crippen LogP contribution in [0.4, 0.5) is 0 Å². The third kappa shape index (κ3) is 5.41. The number of thiol groups is 1. The molecule has 14 heavy (non-hydrogen) atoms. The van der Waals surface area contributed by atoms with Crippen LogP contribution in [0.15, 0.2) is 0 Å². The first kappa shape index (κ1) is 12.8. The second-order valence-electron chi connectivity index (χ2n) is 2.53. The van der Waals surface area contributed by atoms with Crippen LogP contribution < -0.4 is 5.32 Å². The Morgan fingerprint density at radius 2 is 1.79 bits per heavy atom. The zero-order valence-corrected chi connectivity index (χ0v) is 8.16. The van der Waals surface area contributed by atoms with Crippen molar-refractivity contribution in [2.45, 2.75) is 18.9 Å². The average Bonchev–Trinajstić information content (AvgIpc) is 2.10. The number of nitrogens with one attached hydrogen (secondary N) is 1. The van der Waals surface area contributed by atoms with E-state index in [1.165, 1.54) is 0 Å². The fourth-order valence-corrected chi connectivity index (χ4v) is 0.920. The van der Waals surface area contributed by atoms with Crippen molar-refractivity contribution in [1.82, 2.24) is 5.32 Å². The van der Waals surface area contributed by atoms with Gasteiger partial charge >= 0.3 is 11.9 Å². The highest BCUT2D eigenvalue weighted by atomic mass is 32.1. The second kappa shape index (κ2) is 6.25. The molecule has 0 aromatic heterocycles. The summed E-state index contributed by atoms with van der Waals surface area (Å²) in [6.07, 6.45) is -0.544. The molecule has 80 valence electrons. The maximum atomic E-state index is 10.9. The minimum absolute atomic E-state index is 0.0336. The molecule has 1 atom stereocenters. The minimum atomic E-state index is -1.19. The molecule has 0 aliphatic rings. The van der Waals surface area contributed by atoms with Gasteiger partial charge in [-0.15, -0.1) is 0 Å². The topological polar surface area (TPSA) is 104 Å². The fourth-order valence-electron chi connectivity index (χ4n) is 0.672. The first-order chi connectivity index (χ1) is 6.47. The van der Waals surface area contributed by atoms with Gasteiger partial charge in [-0.2, -0.15) is 12.6 Å². The minimum Gasteiger partial charge on any atom is -0.481 e. The molecule has 0 aromatic rings. The fraction of sp³-hybridized carbons (Fsp3) is 0.571. The molecule has 0 aliphatic heterocycles. The molecule has 0 bridgehead atoms. The van der Waals surface area contributed by atoms with Gasteiger partial charge < -0.3 is 15.5 Å². The maximum absolute atomic E-state index is 10.9. The highest BCUT2D eigenvalue weighted by Gasteiger charge is 2.17. The van der Waals surface area contributed by atoms with Crippen LogP contribution in [-0.4, -0.2) is 39.9 Å². The van der Waals surface area contributed by atoms with Crippen LogP contribution in [0.1, 0.15) is 12.8 Å². The SMILES string of the molecule is O=C(O)CCC(=O)N[C@@H](CS)C(=O)O. The summed E-state index contributed by atoms with van der Waals surface area (Å²) in [6, 6.07) is -1.07. The number of hydrogen-bond donors (Lipinski definition) is 4. The summed E-state index contributed by atoms with van der Waals surface area (Å²) in [7, 11) is 0. The van der Waals surface area contributed by atoms with Crippen LogP contribution in [0.3, 0.4) is 0 Å². The quantitative estimate of drug-likeness (QED) is 0.446. The Balaban J connectivity index is 3.91. The van der Waals surface area contributed by atoms with Crippen molar-refractivity contribution in [1.29, 1.82) is 0 Å². The van der Waals surface area contributed by atoms with Crippen LogP contribution in [0, 0.1) is 0 Å². The van der Waals surface area contributed by atoms with Gasteiger partial charge in [0, 0.05) is 12.2 Å². The average molecular weight is 221 g/mol. The Morgan fingerprint density at radius 3 is 2.14 bits per heavy atom. The Morgan fingerprint density at radius 1 is 1.21 bits per heavy atom. The monoisotopic (exact) mass is 221 g/mol. The molecule has 0 saturated heterocycles. The van der Waals surface area contributed by atoms with E-state index in [1.54, 1.807) is 0 Å². The van der Waals surface area contributed by atoms with Crippen LogP contribution in [0.25, 0.3) is 0 Å². The van der Waals surface area contributed by atoms with E-state index in [0.717, 1.165) is 0 Å². The summed E-state index contributed by atoms with van der Waals surface area (Å²) in [5, 5.41) is 18.9. The van der Waals surface area contributed by atoms with Gasteiger partial charge in [-0.1, -0.05) is 0 Å². The lowest BCUT2D eigenvalue weighted by Gasteiger charge is -2.10. The van der Waals surface area contributed by atoms with Crippen molar-refractivity contribution >= 4 is 30.5 Å². The predicted octanol–water partition coefficient (Wildman–Crippen LogP) is -0.650. The molecule has 0 fully saturated rings. The third-order valence-electron chi connectivity index (χ3n) is 1.38. The van der Waals surface area contributed by atoms with Crippen LogP contribution in [0.5, 0.6) is 0 Å². The van der Waals surface area contributed by atoms with E-state index in [9.17, 15) is 14.4 Å². The maximum Gasteiger partial charge on any atom is 0.327 e. The molecular formula is C7H11NO5S. The van der Waals surface area contributed by atoms with Crippen LogP contribution >= 0.6 is 12.6 Å². The normalized spacial score (nSPS) is 11.8. The van der Waals surface area contributed by atoms with Crippen molar-refractivity contribution < 1.29 is 24.6 Å². The van der Waals surface area contributed by atoms with Crippen molar-refractivity contribution in [2.24, 2.45) is 0 Å². The lowest BCUT2D eigenvalue weighted by atomic mass is 10.2. The van der Waals surface area contributed by atoms with Crippen molar-refractivity contribution in [3.05, 3.63) is 0 Å². The van der Waals surface area contributed by atoms with Crippen LogP contribution in [-0.2, 0) is 14.4 Å². The first-order valence-electron chi connectivity index (χ1n) is 3.82. The molecule has 0 radical (unpaired) electrons. The molecule has 1 amide bonds. The molecule has 0 aliphatic carbocycles. The van der Waals surface area contributed by atoms with Gasteiger partial charge in [0.05, 0.1) is 6.42 Å². The molecule has 0 rings (SSSR count). The van der Waals surface area contributed by atoms with E-state index in [4.69, 9.17) is 10.2 Å². The number of carboxylic acids is 2. The smallest absolute Gasteiger partial charge is 0.327 e. The number of carbonyl (C=O) groups excluding carboxylic acids is 1. The number of hydrogen-bond acceptors (Lipinski definition) is 4. The largest absolute Gasteiger partial charge is 0.481 e. The zero-order chi connectivity index (χ0) is 11.1. The Bertz CT molecular complexity index is 242. The Kier molecular flexibility index (Phi) is 5.70. The number of aliphatic carboxylic acids is 2. The predicted molar refractivity (Wildman–Crippen MR) is 50.3 cm³/mol. The van der Waals surface area contributed by atoms with Gasteiger partial charge in [-0.3, -0.25) is 9.59 Å². The van der Waals surface area contributed by atoms with E-state index >= 15 is 0 Å². The van der Waals surface area contributed by atoms with Crippen LogP contribution in [0.2, 0.25) is 0 Å². The second-order valence-corrected chi connectivity index (χ2v) is 2.90. The molecule has 0 unspecified atom stereocenters.